The van der Waals surface area contributed by atoms with Crippen LogP contribution in [0.15, 0.2) is 18.2 Å². The topological polar surface area (TPSA) is 62.5 Å². The Bertz CT molecular complexity index is 369. The minimum absolute atomic E-state index is 0.217. The Morgan fingerprint density at radius 2 is 2.27 bits per heavy atom. The van der Waals surface area contributed by atoms with E-state index in [1.807, 2.05) is 6.07 Å². The number of hydrogen-bond acceptors (Lipinski definition) is 4. The molecule has 1 rings (SSSR count). The van der Waals surface area contributed by atoms with Crippen LogP contribution in [-0.2, 0) is 0 Å². The van der Waals surface area contributed by atoms with Gasteiger partial charge in [-0.2, -0.15) is 5.26 Å². The van der Waals surface area contributed by atoms with Crippen molar-refractivity contribution >= 4 is 0 Å². The van der Waals surface area contributed by atoms with E-state index in [0.717, 1.165) is 0 Å². The molecule has 0 aliphatic heterocycles. The average molecular weight is 207 g/mol. The highest BCUT2D eigenvalue weighted by Gasteiger charge is 2.05. The molecule has 0 heterocycles. The Balaban J connectivity index is 2.80. The van der Waals surface area contributed by atoms with E-state index in [0.29, 0.717) is 17.1 Å². The van der Waals surface area contributed by atoms with E-state index in [2.05, 4.69) is 0 Å². The fraction of sp³-hybridized carbons (Fsp3) is 0.364. The van der Waals surface area contributed by atoms with Crippen LogP contribution in [0.4, 0.5) is 0 Å². The van der Waals surface area contributed by atoms with Gasteiger partial charge < -0.3 is 14.6 Å². The van der Waals surface area contributed by atoms with Gasteiger partial charge in [-0.05, 0) is 19.1 Å². The molecule has 4 nitrogen and oxygen atoms in total. The highest BCUT2D eigenvalue weighted by atomic mass is 16.5. The maximum atomic E-state index is 9.03. The van der Waals surface area contributed by atoms with Crippen molar-refractivity contribution in [2.75, 3.05) is 13.7 Å². The first-order chi connectivity index (χ1) is 7.17. The Labute approximate surface area is 88.7 Å². The molecule has 0 aromatic heterocycles. The first kappa shape index (κ1) is 11.3. The predicted molar refractivity (Wildman–Crippen MR) is 54.9 cm³/mol. The van der Waals surface area contributed by atoms with Gasteiger partial charge in [0.15, 0.2) is 0 Å². The molecule has 0 spiro atoms. The van der Waals surface area contributed by atoms with Gasteiger partial charge in [0.05, 0.1) is 18.8 Å². The lowest BCUT2D eigenvalue weighted by molar-refractivity contribution is 0.122. The van der Waals surface area contributed by atoms with Crippen molar-refractivity contribution in [3.05, 3.63) is 23.8 Å². The smallest absolute Gasteiger partial charge is 0.140 e. The van der Waals surface area contributed by atoms with Crippen LogP contribution >= 0.6 is 0 Å². The number of methoxy groups -OCH3 is 1. The SMILES string of the molecule is COc1cc(OCC(C)O)ccc1C#N. The van der Waals surface area contributed by atoms with Gasteiger partial charge in [-0.1, -0.05) is 0 Å². The number of nitrogens with zero attached hydrogens (tertiary/aromatic N) is 1. The molecule has 0 saturated heterocycles. The summed E-state index contributed by atoms with van der Waals surface area (Å²) in [7, 11) is 1.49. The van der Waals surface area contributed by atoms with E-state index in [-0.39, 0.29) is 6.61 Å². The lowest BCUT2D eigenvalue weighted by atomic mass is 10.2. The normalized spacial score (nSPS) is 11.6. The fourth-order valence-corrected chi connectivity index (χ4v) is 1.07. The largest absolute Gasteiger partial charge is 0.495 e. The summed E-state index contributed by atoms with van der Waals surface area (Å²) < 4.78 is 10.3. The van der Waals surface area contributed by atoms with E-state index < -0.39 is 6.10 Å². The number of nitriles is 1. The van der Waals surface area contributed by atoms with Gasteiger partial charge >= 0.3 is 0 Å². The molecule has 1 aromatic carbocycles. The molecule has 4 heteroatoms. The molecule has 1 aromatic rings. The molecule has 1 unspecified atom stereocenters. The van der Waals surface area contributed by atoms with Crippen LogP contribution < -0.4 is 9.47 Å². The molecule has 0 aliphatic rings. The quantitative estimate of drug-likeness (QED) is 0.809. The summed E-state index contributed by atoms with van der Waals surface area (Å²) in [5, 5.41) is 17.8. The first-order valence-electron chi connectivity index (χ1n) is 4.56. The third kappa shape index (κ3) is 3.15. The van der Waals surface area contributed by atoms with E-state index in [4.69, 9.17) is 19.8 Å². The van der Waals surface area contributed by atoms with Gasteiger partial charge in [0.1, 0.15) is 24.2 Å². The molecule has 1 N–H and O–H groups in total. The van der Waals surface area contributed by atoms with Crippen LogP contribution in [-0.4, -0.2) is 24.9 Å². The van der Waals surface area contributed by atoms with Crippen molar-refractivity contribution in [1.82, 2.24) is 0 Å². The lowest BCUT2D eigenvalue weighted by Crippen LogP contribution is -2.12. The van der Waals surface area contributed by atoms with Crippen molar-refractivity contribution in [2.45, 2.75) is 13.0 Å². The van der Waals surface area contributed by atoms with Crippen molar-refractivity contribution < 1.29 is 14.6 Å². The summed E-state index contributed by atoms with van der Waals surface area (Å²) >= 11 is 0. The summed E-state index contributed by atoms with van der Waals surface area (Å²) in [6.45, 7) is 1.86. The molecule has 1 atom stereocenters. The maximum absolute atomic E-state index is 9.03. The van der Waals surface area contributed by atoms with Gasteiger partial charge in [-0.3, -0.25) is 0 Å². The Hall–Kier alpha value is -1.73. The second kappa shape index (κ2) is 5.23. The minimum atomic E-state index is -0.522. The van der Waals surface area contributed by atoms with Crippen molar-refractivity contribution in [3.63, 3.8) is 0 Å². The molecule has 0 aliphatic carbocycles. The van der Waals surface area contributed by atoms with Gasteiger partial charge in [0.2, 0.25) is 0 Å². The number of ether oxygens (including phenoxy) is 2. The number of aliphatic hydroxyl groups excluding tert-OH is 1. The predicted octanol–water partition coefficient (Wildman–Crippen LogP) is 1.33. The summed E-state index contributed by atoms with van der Waals surface area (Å²) in [6, 6.07) is 6.93. The number of rotatable bonds is 4. The standard InChI is InChI=1S/C11H13NO3/c1-8(13)7-15-10-4-3-9(6-12)11(5-10)14-2/h3-5,8,13H,7H2,1-2H3. The van der Waals surface area contributed by atoms with E-state index >= 15 is 0 Å². The van der Waals surface area contributed by atoms with Crippen LogP contribution in [0.1, 0.15) is 12.5 Å². The summed E-state index contributed by atoms with van der Waals surface area (Å²) in [4.78, 5) is 0. The van der Waals surface area contributed by atoms with Crippen LogP contribution in [0, 0.1) is 11.3 Å². The van der Waals surface area contributed by atoms with E-state index in [1.165, 1.54) is 7.11 Å². The molecule has 80 valence electrons. The van der Waals surface area contributed by atoms with E-state index in [1.54, 1.807) is 25.1 Å². The molecule has 0 saturated carbocycles. The van der Waals surface area contributed by atoms with Crippen LogP contribution in [0.2, 0.25) is 0 Å². The zero-order valence-electron chi connectivity index (χ0n) is 8.73. The Morgan fingerprint density at radius 3 is 2.80 bits per heavy atom. The first-order valence-corrected chi connectivity index (χ1v) is 4.56. The zero-order chi connectivity index (χ0) is 11.3. The third-order valence-corrected chi connectivity index (χ3v) is 1.78. The van der Waals surface area contributed by atoms with Crippen LogP contribution in [0.5, 0.6) is 11.5 Å². The number of aliphatic hydroxyl groups is 1. The van der Waals surface area contributed by atoms with Crippen LogP contribution in [0.3, 0.4) is 0 Å². The molecular weight excluding hydrogens is 194 g/mol. The number of hydrogen-bond donors (Lipinski definition) is 1. The summed E-state index contributed by atoms with van der Waals surface area (Å²) in [5.74, 6) is 1.05. The number of benzene rings is 1. The second-order valence-corrected chi connectivity index (χ2v) is 3.13. The minimum Gasteiger partial charge on any atom is -0.495 e. The van der Waals surface area contributed by atoms with Gasteiger partial charge in [-0.25, -0.2) is 0 Å². The molecule has 0 radical (unpaired) electrons. The molecule has 15 heavy (non-hydrogen) atoms. The van der Waals surface area contributed by atoms with Gasteiger partial charge in [0, 0.05) is 6.07 Å². The zero-order valence-corrected chi connectivity index (χ0v) is 8.73. The van der Waals surface area contributed by atoms with E-state index in [9.17, 15) is 0 Å². The maximum Gasteiger partial charge on any atom is 0.140 e. The molecule has 0 fully saturated rings. The van der Waals surface area contributed by atoms with Crippen molar-refractivity contribution in [1.29, 1.82) is 5.26 Å². The fourth-order valence-electron chi connectivity index (χ4n) is 1.07. The summed E-state index contributed by atoms with van der Waals surface area (Å²) in [5.41, 5.74) is 0.460. The molecular formula is C11H13NO3. The van der Waals surface area contributed by atoms with Crippen molar-refractivity contribution in [2.24, 2.45) is 0 Å². The highest BCUT2D eigenvalue weighted by Crippen LogP contribution is 2.23. The van der Waals surface area contributed by atoms with Gasteiger partial charge in [0.25, 0.3) is 0 Å². The highest BCUT2D eigenvalue weighted by molar-refractivity contribution is 5.47. The molecule has 0 amide bonds. The van der Waals surface area contributed by atoms with Crippen LogP contribution in [0.25, 0.3) is 0 Å². The summed E-state index contributed by atoms with van der Waals surface area (Å²) in [6.07, 6.45) is -0.522. The van der Waals surface area contributed by atoms with Crippen molar-refractivity contribution in [3.8, 4) is 17.6 Å². The lowest BCUT2D eigenvalue weighted by Gasteiger charge is -2.09. The van der Waals surface area contributed by atoms with Gasteiger partial charge in [-0.15, -0.1) is 0 Å². The molecule has 0 bridgehead atoms. The monoisotopic (exact) mass is 207 g/mol. The Kier molecular flexibility index (Phi) is 3.95. The Morgan fingerprint density at radius 1 is 1.53 bits per heavy atom. The average Bonchev–Trinajstić information content (AvgIpc) is 2.25. The second-order valence-electron chi connectivity index (χ2n) is 3.13. The third-order valence-electron chi connectivity index (χ3n) is 1.78.